The Morgan fingerprint density at radius 3 is 2.43 bits per heavy atom. The summed E-state index contributed by atoms with van der Waals surface area (Å²) in [6, 6.07) is 9.42. The van der Waals surface area contributed by atoms with Crippen molar-refractivity contribution >= 4 is 0 Å². The van der Waals surface area contributed by atoms with E-state index in [2.05, 4.69) is 15.1 Å². The van der Waals surface area contributed by atoms with Gasteiger partial charge >= 0.3 is 5.69 Å². The van der Waals surface area contributed by atoms with Crippen LogP contribution in [-0.2, 0) is 13.1 Å². The van der Waals surface area contributed by atoms with Gasteiger partial charge in [0, 0.05) is 18.7 Å². The van der Waals surface area contributed by atoms with E-state index in [1.165, 1.54) is 0 Å². The number of aromatic nitrogens is 5. The lowest BCUT2D eigenvalue weighted by Gasteiger charge is -2.14. The molecule has 0 fully saturated rings. The first kappa shape index (κ1) is 15.1. The van der Waals surface area contributed by atoms with Gasteiger partial charge in [0.25, 0.3) is 5.56 Å². The third-order valence-corrected chi connectivity index (χ3v) is 3.55. The zero-order valence-corrected chi connectivity index (χ0v) is 13.1. The van der Waals surface area contributed by atoms with E-state index in [4.69, 9.17) is 0 Å². The van der Waals surface area contributed by atoms with Crippen molar-refractivity contribution in [1.29, 1.82) is 0 Å². The highest BCUT2D eigenvalue weighted by atomic mass is 16.2. The highest BCUT2D eigenvalue weighted by molar-refractivity contribution is 5.59. The molecule has 0 saturated heterocycles. The standard InChI is InChI=1S/C16H17N5O2/c1-3-10-20-15(22)12-14(18-16(20)23)21(4-2)19-13(17-12)11-8-6-5-7-9-11/h5-9H,3-4,10H2,1-2H3. The highest BCUT2D eigenvalue weighted by Gasteiger charge is 2.21. The summed E-state index contributed by atoms with van der Waals surface area (Å²) in [6.45, 7) is 4.60. The largest absolute Gasteiger partial charge is 0.352 e. The maximum atomic E-state index is 12.6. The fourth-order valence-electron chi connectivity index (χ4n) is 2.43. The van der Waals surface area contributed by atoms with Crippen molar-refractivity contribution in [3.63, 3.8) is 0 Å². The molecule has 3 rings (SSSR count). The van der Waals surface area contributed by atoms with Gasteiger partial charge in [-0.2, -0.15) is 10.1 Å². The van der Waals surface area contributed by atoms with Crippen LogP contribution in [0.25, 0.3) is 22.9 Å². The lowest BCUT2D eigenvalue weighted by Crippen LogP contribution is -2.39. The van der Waals surface area contributed by atoms with Crippen LogP contribution in [0.3, 0.4) is 0 Å². The second-order valence-electron chi connectivity index (χ2n) is 5.14. The summed E-state index contributed by atoms with van der Waals surface area (Å²) in [5, 5.41) is 4.40. The van der Waals surface area contributed by atoms with Crippen LogP contribution in [0, 0.1) is 0 Å². The maximum Gasteiger partial charge on any atom is 0.352 e. The minimum absolute atomic E-state index is 0.175. The average Bonchev–Trinajstić information content (AvgIpc) is 2.58. The number of rotatable bonds is 4. The molecule has 2 heterocycles. The van der Waals surface area contributed by atoms with E-state index < -0.39 is 11.2 Å². The molecular formula is C16H17N5O2. The summed E-state index contributed by atoms with van der Waals surface area (Å²) >= 11 is 0. The Balaban J connectivity index is 2.34. The molecule has 2 aliphatic rings. The Kier molecular flexibility index (Phi) is 4.01. The summed E-state index contributed by atoms with van der Waals surface area (Å²) < 4.78 is 2.67. The Morgan fingerprint density at radius 2 is 1.78 bits per heavy atom. The molecule has 23 heavy (non-hydrogen) atoms. The summed E-state index contributed by atoms with van der Waals surface area (Å²) in [5.41, 5.74) is 0.0178. The van der Waals surface area contributed by atoms with Crippen molar-refractivity contribution in [2.45, 2.75) is 33.4 Å². The van der Waals surface area contributed by atoms with Gasteiger partial charge in [-0.25, -0.2) is 14.5 Å². The SMILES string of the molecule is CCCn1c(=O)nc2n(CC)nc(-c3ccccc3)nc-2c1=O. The number of nitrogens with zero attached hydrogens (tertiary/aromatic N) is 5. The molecule has 118 valence electrons. The van der Waals surface area contributed by atoms with E-state index in [0.717, 1.165) is 10.1 Å². The first-order chi connectivity index (χ1) is 11.2. The lowest BCUT2D eigenvalue weighted by molar-refractivity contribution is 0.580. The van der Waals surface area contributed by atoms with E-state index >= 15 is 0 Å². The number of hydrogen-bond acceptors (Lipinski definition) is 5. The number of aryl methyl sites for hydroxylation is 1. The second kappa shape index (κ2) is 6.12. The van der Waals surface area contributed by atoms with E-state index in [9.17, 15) is 9.59 Å². The Bertz CT molecular complexity index is 914. The molecule has 0 aliphatic carbocycles. The minimum atomic E-state index is -0.553. The third kappa shape index (κ3) is 2.65. The summed E-state index contributed by atoms with van der Waals surface area (Å²) in [4.78, 5) is 33.0. The topological polar surface area (TPSA) is 82.7 Å². The Morgan fingerprint density at radius 1 is 1.04 bits per heavy atom. The quantitative estimate of drug-likeness (QED) is 0.727. The van der Waals surface area contributed by atoms with Crippen molar-refractivity contribution in [1.82, 2.24) is 24.3 Å². The molecule has 0 saturated carbocycles. The molecule has 1 aromatic rings. The molecule has 0 atom stereocenters. The van der Waals surface area contributed by atoms with Gasteiger partial charge in [-0.05, 0) is 13.3 Å². The number of fused-ring (bicyclic) bond motifs is 1. The summed E-state index contributed by atoms with van der Waals surface area (Å²) in [7, 11) is 0. The first-order valence-electron chi connectivity index (χ1n) is 7.60. The van der Waals surface area contributed by atoms with Gasteiger partial charge in [0.1, 0.15) is 0 Å². The molecule has 0 radical (unpaired) electrons. The molecule has 0 aromatic heterocycles. The summed E-state index contributed by atoms with van der Waals surface area (Å²) in [5.74, 6) is 0.676. The molecule has 7 nitrogen and oxygen atoms in total. The van der Waals surface area contributed by atoms with E-state index in [0.29, 0.717) is 25.3 Å². The molecule has 0 unspecified atom stereocenters. The second-order valence-corrected chi connectivity index (χ2v) is 5.14. The average molecular weight is 311 g/mol. The summed E-state index contributed by atoms with van der Waals surface area (Å²) in [6.07, 6.45) is 0.673. The number of benzene rings is 1. The van der Waals surface area contributed by atoms with Gasteiger partial charge < -0.3 is 0 Å². The predicted octanol–water partition coefficient (Wildman–Crippen LogP) is 1.40. The van der Waals surface area contributed by atoms with E-state index in [1.807, 2.05) is 44.2 Å². The van der Waals surface area contributed by atoms with Crippen LogP contribution in [-0.4, -0.2) is 24.3 Å². The fourth-order valence-corrected chi connectivity index (χ4v) is 2.43. The van der Waals surface area contributed by atoms with Crippen LogP contribution in [0.4, 0.5) is 0 Å². The van der Waals surface area contributed by atoms with Gasteiger partial charge in [0.15, 0.2) is 17.3 Å². The lowest BCUT2D eigenvalue weighted by atomic mass is 10.2. The van der Waals surface area contributed by atoms with E-state index in [1.54, 1.807) is 4.68 Å². The number of hydrogen-bond donors (Lipinski definition) is 0. The molecule has 1 aromatic carbocycles. The molecule has 0 N–H and O–H groups in total. The van der Waals surface area contributed by atoms with Crippen LogP contribution in [0.15, 0.2) is 39.9 Å². The van der Waals surface area contributed by atoms with Gasteiger partial charge in [-0.1, -0.05) is 37.3 Å². The van der Waals surface area contributed by atoms with Crippen LogP contribution in [0.2, 0.25) is 0 Å². The normalized spacial score (nSPS) is 11.0. The van der Waals surface area contributed by atoms with Crippen LogP contribution in [0.1, 0.15) is 20.3 Å². The van der Waals surface area contributed by atoms with Crippen molar-refractivity contribution in [3.05, 3.63) is 51.2 Å². The van der Waals surface area contributed by atoms with Crippen LogP contribution in [0.5, 0.6) is 0 Å². The first-order valence-corrected chi connectivity index (χ1v) is 7.60. The third-order valence-electron chi connectivity index (χ3n) is 3.55. The van der Waals surface area contributed by atoms with E-state index in [-0.39, 0.29) is 11.5 Å². The Labute approximate surface area is 132 Å². The maximum absolute atomic E-state index is 12.6. The highest BCUT2D eigenvalue weighted by Crippen LogP contribution is 2.18. The Hall–Kier alpha value is -2.83. The van der Waals surface area contributed by atoms with Crippen LogP contribution >= 0.6 is 0 Å². The molecule has 7 heteroatoms. The van der Waals surface area contributed by atoms with Gasteiger partial charge in [-0.15, -0.1) is 0 Å². The molecule has 0 bridgehead atoms. The molecular weight excluding hydrogens is 294 g/mol. The van der Waals surface area contributed by atoms with Crippen molar-refractivity contribution in [3.8, 4) is 22.9 Å². The zero-order valence-electron chi connectivity index (χ0n) is 13.1. The molecule has 2 aliphatic heterocycles. The van der Waals surface area contributed by atoms with Crippen molar-refractivity contribution in [2.24, 2.45) is 0 Å². The van der Waals surface area contributed by atoms with Crippen molar-refractivity contribution < 1.29 is 0 Å². The van der Waals surface area contributed by atoms with Crippen molar-refractivity contribution in [2.75, 3.05) is 0 Å². The van der Waals surface area contributed by atoms with Crippen LogP contribution < -0.4 is 11.2 Å². The van der Waals surface area contributed by atoms with Gasteiger partial charge in [-0.3, -0.25) is 9.36 Å². The predicted molar refractivity (Wildman–Crippen MR) is 86.4 cm³/mol. The minimum Gasteiger partial charge on any atom is -0.267 e. The monoisotopic (exact) mass is 311 g/mol. The van der Waals surface area contributed by atoms with Gasteiger partial charge in [0.2, 0.25) is 0 Å². The fraction of sp³-hybridized carbons (Fsp3) is 0.312. The molecule has 0 spiro atoms. The molecule has 0 amide bonds. The zero-order chi connectivity index (χ0) is 16.4. The smallest absolute Gasteiger partial charge is 0.267 e. The van der Waals surface area contributed by atoms with Gasteiger partial charge in [0.05, 0.1) is 0 Å².